The molecule has 0 amide bonds. The summed E-state index contributed by atoms with van der Waals surface area (Å²) in [5.41, 5.74) is 0. The lowest BCUT2D eigenvalue weighted by Gasteiger charge is -2.00. The van der Waals surface area contributed by atoms with E-state index in [1.165, 1.54) is 0 Å². The molecule has 0 fully saturated rings. The van der Waals surface area contributed by atoms with Crippen molar-refractivity contribution in [3.63, 3.8) is 0 Å². The highest BCUT2D eigenvalue weighted by atomic mass is 16.5. The number of carboxylic acid groups (broad SMARTS) is 1. The lowest BCUT2D eigenvalue weighted by Crippen LogP contribution is -2.08. The normalized spacial score (nSPS) is 7.72. The van der Waals surface area contributed by atoms with Crippen LogP contribution in [0.2, 0.25) is 0 Å². The standard InChI is InChI=1S/C7H12O5.2C3H6/c8-4-5-12-7(11)3-1-2-6(9)10;2*1-3-2/h8H,1-5H2,(H,9,10);2*3H,1H2,2H3. The summed E-state index contributed by atoms with van der Waals surface area (Å²) in [7, 11) is 0. The zero-order valence-electron chi connectivity index (χ0n) is 11.2. The van der Waals surface area contributed by atoms with Gasteiger partial charge in [0.15, 0.2) is 0 Å². The van der Waals surface area contributed by atoms with Crippen molar-refractivity contribution < 1.29 is 24.5 Å². The number of ether oxygens (including phenoxy) is 1. The Hall–Kier alpha value is -1.62. The van der Waals surface area contributed by atoms with Crippen LogP contribution in [0.4, 0.5) is 0 Å². The monoisotopic (exact) mass is 260 g/mol. The van der Waals surface area contributed by atoms with Gasteiger partial charge < -0.3 is 14.9 Å². The molecule has 5 nitrogen and oxygen atoms in total. The third kappa shape index (κ3) is 36.7. The fourth-order valence-electron chi connectivity index (χ4n) is 0.616. The molecule has 0 aromatic heterocycles. The molecule has 0 aromatic carbocycles. The first-order chi connectivity index (χ1) is 8.49. The number of carbonyl (C=O) groups is 2. The number of esters is 1. The Bertz CT molecular complexity index is 217. The molecule has 106 valence electrons. The quantitative estimate of drug-likeness (QED) is 0.564. The Morgan fingerprint density at radius 1 is 1.17 bits per heavy atom. The Labute approximate surface area is 109 Å². The highest BCUT2D eigenvalue weighted by Gasteiger charge is 2.03. The largest absolute Gasteiger partial charge is 0.481 e. The molecule has 0 radical (unpaired) electrons. The van der Waals surface area contributed by atoms with Crippen LogP contribution in [-0.4, -0.2) is 35.4 Å². The van der Waals surface area contributed by atoms with Crippen LogP contribution in [0.1, 0.15) is 33.1 Å². The molecule has 0 rings (SSSR count). The highest BCUT2D eigenvalue weighted by Crippen LogP contribution is 1.97. The molecule has 0 unspecified atom stereocenters. The Morgan fingerprint density at radius 2 is 1.61 bits per heavy atom. The summed E-state index contributed by atoms with van der Waals surface area (Å²) >= 11 is 0. The van der Waals surface area contributed by atoms with Crippen molar-refractivity contribution in [3.05, 3.63) is 25.3 Å². The molecule has 2 N–H and O–H groups in total. The average molecular weight is 260 g/mol. The molecular formula is C13H24O5. The predicted octanol–water partition coefficient (Wildman–Crippen LogP) is 2.16. The molecule has 0 aliphatic carbocycles. The van der Waals surface area contributed by atoms with Crippen LogP contribution in [0, 0.1) is 0 Å². The van der Waals surface area contributed by atoms with E-state index in [9.17, 15) is 9.59 Å². The lowest BCUT2D eigenvalue weighted by molar-refractivity contribution is -0.145. The van der Waals surface area contributed by atoms with E-state index in [0.717, 1.165) is 0 Å². The summed E-state index contributed by atoms with van der Waals surface area (Å²) in [6.45, 7) is 10.3. The summed E-state index contributed by atoms with van der Waals surface area (Å²) in [5, 5.41) is 16.5. The second kappa shape index (κ2) is 20.8. The number of aliphatic hydroxyl groups is 1. The van der Waals surface area contributed by atoms with E-state index in [-0.39, 0.29) is 32.5 Å². The zero-order valence-corrected chi connectivity index (χ0v) is 11.2. The van der Waals surface area contributed by atoms with Crippen molar-refractivity contribution in [2.24, 2.45) is 0 Å². The lowest BCUT2D eigenvalue weighted by atomic mass is 10.2. The number of carboxylic acids is 1. The molecule has 0 spiro atoms. The van der Waals surface area contributed by atoms with Crippen LogP contribution in [0.15, 0.2) is 25.3 Å². The van der Waals surface area contributed by atoms with Crippen molar-refractivity contribution in [1.82, 2.24) is 0 Å². The third-order valence-corrected chi connectivity index (χ3v) is 1.13. The number of hydrogen-bond donors (Lipinski definition) is 2. The van der Waals surface area contributed by atoms with Crippen molar-refractivity contribution in [3.8, 4) is 0 Å². The summed E-state index contributed by atoms with van der Waals surface area (Å²) in [6, 6.07) is 0. The van der Waals surface area contributed by atoms with Gasteiger partial charge in [0.05, 0.1) is 6.61 Å². The van der Waals surface area contributed by atoms with Crippen molar-refractivity contribution in [2.75, 3.05) is 13.2 Å². The molecule has 5 heteroatoms. The zero-order chi connectivity index (χ0) is 14.8. The number of carbonyl (C=O) groups excluding carboxylic acids is 1. The van der Waals surface area contributed by atoms with Crippen LogP contribution >= 0.6 is 0 Å². The minimum atomic E-state index is -0.926. The highest BCUT2D eigenvalue weighted by molar-refractivity contribution is 5.71. The Morgan fingerprint density at radius 3 is 1.94 bits per heavy atom. The number of allylic oxidation sites excluding steroid dienone is 2. The summed E-state index contributed by atoms with van der Waals surface area (Å²) in [6.07, 6.45) is 3.83. The molecule has 0 aliphatic rings. The molecule has 0 heterocycles. The number of hydrogen-bond acceptors (Lipinski definition) is 4. The van der Waals surface area contributed by atoms with E-state index in [4.69, 9.17) is 10.2 Å². The molecule has 0 saturated heterocycles. The van der Waals surface area contributed by atoms with Gasteiger partial charge in [0.25, 0.3) is 0 Å². The van der Waals surface area contributed by atoms with Gasteiger partial charge in [-0.3, -0.25) is 9.59 Å². The van der Waals surface area contributed by atoms with Crippen molar-refractivity contribution >= 4 is 11.9 Å². The van der Waals surface area contributed by atoms with Gasteiger partial charge in [0, 0.05) is 12.8 Å². The molecule has 0 atom stereocenters. The van der Waals surface area contributed by atoms with Crippen molar-refractivity contribution in [2.45, 2.75) is 33.1 Å². The van der Waals surface area contributed by atoms with Gasteiger partial charge in [-0.25, -0.2) is 0 Å². The van der Waals surface area contributed by atoms with E-state index in [2.05, 4.69) is 17.9 Å². The first kappa shape index (κ1) is 21.6. The van der Waals surface area contributed by atoms with Gasteiger partial charge in [-0.15, -0.1) is 13.2 Å². The Balaban J connectivity index is -0.000000315. The SMILES string of the molecule is C=CC.C=CC.O=C(O)CCCC(=O)OCCO. The maximum atomic E-state index is 10.7. The second-order valence-corrected chi connectivity index (χ2v) is 3.01. The summed E-state index contributed by atoms with van der Waals surface area (Å²) in [5.74, 6) is -1.39. The molecule has 0 aromatic rings. The predicted molar refractivity (Wildman–Crippen MR) is 71.3 cm³/mol. The van der Waals surface area contributed by atoms with Gasteiger partial charge >= 0.3 is 11.9 Å². The fraction of sp³-hybridized carbons (Fsp3) is 0.538. The van der Waals surface area contributed by atoms with E-state index < -0.39 is 11.9 Å². The van der Waals surface area contributed by atoms with E-state index in [1.54, 1.807) is 12.2 Å². The van der Waals surface area contributed by atoms with E-state index in [1.807, 2.05) is 13.8 Å². The third-order valence-electron chi connectivity index (χ3n) is 1.13. The number of aliphatic hydroxyl groups excluding tert-OH is 1. The van der Waals surface area contributed by atoms with Crippen LogP contribution in [-0.2, 0) is 14.3 Å². The molecule has 0 aliphatic heterocycles. The smallest absolute Gasteiger partial charge is 0.305 e. The van der Waals surface area contributed by atoms with Gasteiger partial charge in [-0.05, 0) is 20.3 Å². The average Bonchev–Trinajstić information content (AvgIpc) is 2.28. The van der Waals surface area contributed by atoms with E-state index >= 15 is 0 Å². The minimum Gasteiger partial charge on any atom is -0.481 e. The summed E-state index contributed by atoms with van der Waals surface area (Å²) in [4.78, 5) is 20.7. The number of aliphatic carboxylic acids is 1. The topological polar surface area (TPSA) is 83.8 Å². The van der Waals surface area contributed by atoms with Crippen LogP contribution in [0.5, 0.6) is 0 Å². The van der Waals surface area contributed by atoms with Crippen molar-refractivity contribution in [1.29, 1.82) is 0 Å². The fourth-order valence-corrected chi connectivity index (χ4v) is 0.616. The molecular weight excluding hydrogens is 236 g/mol. The van der Waals surface area contributed by atoms with Crippen LogP contribution in [0.3, 0.4) is 0 Å². The Kier molecular flexibility index (Phi) is 25.0. The molecule has 18 heavy (non-hydrogen) atoms. The first-order valence-corrected chi connectivity index (χ1v) is 5.62. The minimum absolute atomic E-state index is 0.0219. The second-order valence-electron chi connectivity index (χ2n) is 3.01. The van der Waals surface area contributed by atoms with Gasteiger partial charge in [0.2, 0.25) is 0 Å². The number of rotatable bonds is 6. The van der Waals surface area contributed by atoms with Gasteiger partial charge in [0.1, 0.15) is 6.61 Å². The van der Waals surface area contributed by atoms with Crippen LogP contribution < -0.4 is 0 Å². The summed E-state index contributed by atoms with van der Waals surface area (Å²) < 4.78 is 4.49. The van der Waals surface area contributed by atoms with E-state index in [0.29, 0.717) is 0 Å². The van der Waals surface area contributed by atoms with Gasteiger partial charge in [-0.2, -0.15) is 0 Å². The maximum Gasteiger partial charge on any atom is 0.305 e. The molecule has 0 bridgehead atoms. The first-order valence-electron chi connectivity index (χ1n) is 5.62. The van der Waals surface area contributed by atoms with Crippen LogP contribution in [0.25, 0.3) is 0 Å². The molecule has 0 saturated carbocycles. The van der Waals surface area contributed by atoms with Gasteiger partial charge in [-0.1, -0.05) is 12.2 Å². The maximum absolute atomic E-state index is 10.7.